The molecule has 1 aromatic heterocycles. The van der Waals surface area contributed by atoms with Gasteiger partial charge in [-0.05, 0) is 37.6 Å². The number of nitrogens with zero attached hydrogens (tertiary/aromatic N) is 1. The third kappa shape index (κ3) is 2.74. The van der Waals surface area contributed by atoms with Gasteiger partial charge in [0.1, 0.15) is 5.76 Å². The molecule has 96 valence electrons. The van der Waals surface area contributed by atoms with Gasteiger partial charge in [0.25, 0.3) is 0 Å². The lowest BCUT2D eigenvalue weighted by atomic mass is 10.1. The number of rotatable bonds is 5. The van der Waals surface area contributed by atoms with Crippen LogP contribution >= 0.6 is 0 Å². The second kappa shape index (κ2) is 5.74. The molecule has 0 atom stereocenters. The van der Waals surface area contributed by atoms with E-state index in [-0.39, 0.29) is 0 Å². The average molecular weight is 244 g/mol. The number of aryl methyl sites for hydroxylation is 1. The molecule has 1 heterocycles. The third-order valence-corrected chi connectivity index (χ3v) is 3.19. The van der Waals surface area contributed by atoms with E-state index in [4.69, 9.17) is 10.2 Å². The summed E-state index contributed by atoms with van der Waals surface area (Å²) in [5, 5.41) is 0. The number of hydrogen-bond acceptors (Lipinski definition) is 3. The van der Waals surface area contributed by atoms with E-state index < -0.39 is 0 Å². The minimum Gasteiger partial charge on any atom is -0.469 e. The van der Waals surface area contributed by atoms with Crippen LogP contribution < -0.4 is 10.6 Å². The molecule has 2 aromatic rings. The zero-order chi connectivity index (χ0) is 13.0. The number of furan rings is 1. The predicted molar refractivity (Wildman–Crippen MR) is 74.8 cm³/mol. The van der Waals surface area contributed by atoms with Crippen molar-refractivity contribution >= 4 is 5.69 Å². The van der Waals surface area contributed by atoms with E-state index in [0.29, 0.717) is 6.54 Å². The van der Waals surface area contributed by atoms with Gasteiger partial charge < -0.3 is 15.1 Å². The topological polar surface area (TPSA) is 42.4 Å². The van der Waals surface area contributed by atoms with Crippen LogP contribution in [0.4, 0.5) is 5.69 Å². The number of anilines is 1. The van der Waals surface area contributed by atoms with Crippen molar-refractivity contribution in [3.8, 4) is 0 Å². The number of benzene rings is 1. The molecule has 0 spiro atoms. The van der Waals surface area contributed by atoms with Gasteiger partial charge in [0.15, 0.2) is 0 Å². The van der Waals surface area contributed by atoms with Crippen molar-refractivity contribution in [3.05, 3.63) is 53.5 Å². The van der Waals surface area contributed by atoms with Gasteiger partial charge in [0, 0.05) is 24.8 Å². The monoisotopic (exact) mass is 244 g/mol. The first-order valence-corrected chi connectivity index (χ1v) is 6.24. The molecule has 0 fully saturated rings. The molecule has 0 saturated heterocycles. The summed E-state index contributed by atoms with van der Waals surface area (Å²) < 4.78 is 5.33. The summed E-state index contributed by atoms with van der Waals surface area (Å²) in [6.45, 7) is 3.52. The van der Waals surface area contributed by atoms with Gasteiger partial charge in [-0.15, -0.1) is 0 Å². The summed E-state index contributed by atoms with van der Waals surface area (Å²) in [5.74, 6) is 0.984. The molecule has 0 unspecified atom stereocenters. The molecule has 2 N–H and O–H groups in total. The largest absolute Gasteiger partial charge is 0.469 e. The fourth-order valence-electron chi connectivity index (χ4n) is 2.17. The Morgan fingerprint density at radius 2 is 1.94 bits per heavy atom. The van der Waals surface area contributed by atoms with Crippen LogP contribution in [0.1, 0.15) is 16.9 Å². The Morgan fingerprint density at radius 1 is 1.17 bits per heavy atom. The van der Waals surface area contributed by atoms with Crippen molar-refractivity contribution in [2.75, 3.05) is 18.5 Å². The molecule has 0 saturated carbocycles. The molecular formula is C15H20N2O. The predicted octanol–water partition coefficient (Wildman–Crippen LogP) is 2.73. The zero-order valence-corrected chi connectivity index (χ0v) is 11.0. The fraction of sp³-hybridized carbons (Fsp3) is 0.333. The van der Waals surface area contributed by atoms with Crippen molar-refractivity contribution in [1.29, 1.82) is 0 Å². The molecule has 2 rings (SSSR count). The van der Waals surface area contributed by atoms with Gasteiger partial charge in [0.05, 0.1) is 6.26 Å². The van der Waals surface area contributed by atoms with Crippen LogP contribution in [-0.4, -0.2) is 13.6 Å². The average Bonchev–Trinajstić information content (AvgIpc) is 2.76. The van der Waals surface area contributed by atoms with Gasteiger partial charge in [-0.1, -0.05) is 18.2 Å². The zero-order valence-electron chi connectivity index (χ0n) is 11.0. The van der Waals surface area contributed by atoms with E-state index in [1.165, 1.54) is 16.8 Å². The number of para-hydroxylation sites is 1. The molecule has 0 aliphatic carbocycles. The Kier molecular flexibility index (Phi) is 4.05. The van der Waals surface area contributed by atoms with Crippen LogP contribution in [-0.2, 0) is 13.0 Å². The lowest BCUT2D eigenvalue weighted by Gasteiger charge is -2.22. The molecule has 0 aliphatic heterocycles. The van der Waals surface area contributed by atoms with E-state index >= 15 is 0 Å². The highest BCUT2D eigenvalue weighted by Crippen LogP contribution is 2.22. The van der Waals surface area contributed by atoms with Crippen LogP contribution in [0, 0.1) is 6.92 Å². The summed E-state index contributed by atoms with van der Waals surface area (Å²) in [5.41, 5.74) is 9.41. The Hall–Kier alpha value is -1.74. The lowest BCUT2D eigenvalue weighted by Crippen LogP contribution is -2.19. The quantitative estimate of drug-likeness (QED) is 0.879. The molecule has 0 amide bonds. The van der Waals surface area contributed by atoms with Gasteiger partial charge >= 0.3 is 0 Å². The van der Waals surface area contributed by atoms with Crippen LogP contribution in [0.25, 0.3) is 0 Å². The van der Waals surface area contributed by atoms with Gasteiger partial charge in [-0.3, -0.25) is 0 Å². The molecular weight excluding hydrogens is 224 g/mol. The molecule has 3 nitrogen and oxygen atoms in total. The van der Waals surface area contributed by atoms with Crippen molar-refractivity contribution in [2.24, 2.45) is 5.73 Å². The Bertz CT molecular complexity index is 505. The van der Waals surface area contributed by atoms with Crippen LogP contribution in [0.5, 0.6) is 0 Å². The van der Waals surface area contributed by atoms with E-state index in [9.17, 15) is 0 Å². The first-order chi connectivity index (χ1) is 8.72. The fourth-order valence-corrected chi connectivity index (χ4v) is 2.17. The Balaban J connectivity index is 2.18. The van der Waals surface area contributed by atoms with Crippen molar-refractivity contribution < 1.29 is 4.42 Å². The highest BCUT2D eigenvalue weighted by atomic mass is 16.3. The van der Waals surface area contributed by atoms with E-state index in [2.05, 4.69) is 36.2 Å². The van der Waals surface area contributed by atoms with E-state index in [0.717, 1.165) is 18.7 Å². The summed E-state index contributed by atoms with van der Waals surface area (Å²) in [4.78, 5) is 2.24. The summed E-state index contributed by atoms with van der Waals surface area (Å²) in [7, 11) is 2.10. The first kappa shape index (κ1) is 12.7. The summed E-state index contributed by atoms with van der Waals surface area (Å²) in [6, 6.07) is 10.4. The van der Waals surface area contributed by atoms with Crippen molar-refractivity contribution in [2.45, 2.75) is 19.9 Å². The van der Waals surface area contributed by atoms with Gasteiger partial charge in [-0.2, -0.15) is 0 Å². The standard InChI is InChI=1S/C15H20N2O/c1-12-14(8-10-18-12)11-17(2)15-6-4-3-5-13(15)7-9-16/h3-6,8,10H,7,9,11,16H2,1-2H3. The van der Waals surface area contributed by atoms with Crippen molar-refractivity contribution in [1.82, 2.24) is 0 Å². The second-order valence-electron chi connectivity index (χ2n) is 4.53. The molecule has 1 aromatic carbocycles. The van der Waals surface area contributed by atoms with Crippen LogP contribution in [0.3, 0.4) is 0 Å². The minimum absolute atomic E-state index is 0.676. The van der Waals surface area contributed by atoms with Gasteiger partial charge in [-0.25, -0.2) is 0 Å². The SMILES string of the molecule is Cc1occc1CN(C)c1ccccc1CCN. The van der Waals surface area contributed by atoms with E-state index in [1.54, 1.807) is 6.26 Å². The molecule has 0 radical (unpaired) electrons. The van der Waals surface area contributed by atoms with Gasteiger partial charge in [0.2, 0.25) is 0 Å². The summed E-state index contributed by atoms with van der Waals surface area (Å²) in [6.07, 6.45) is 2.65. The molecule has 3 heteroatoms. The number of nitrogens with two attached hydrogens (primary N) is 1. The normalized spacial score (nSPS) is 10.6. The third-order valence-electron chi connectivity index (χ3n) is 3.19. The van der Waals surface area contributed by atoms with Crippen LogP contribution in [0.2, 0.25) is 0 Å². The molecule has 0 aliphatic rings. The van der Waals surface area contributed by atoms with Crippen LogP contribution in [0.15, 0.2) is 41.0 Å². The Morgan fingerprint density at radius 3 is 2.61 bits per heavy atom. The maximum Gasteiger partial charge on any atom is 0.105 e. The maximum atomic E-state index is 5.66. The summed E-state index contributed by atoms with van der Waals surface area (Å²) >= 11 is 0. The minimum atomic E-state index is 0.676. The van der Waals surface area contributed by atoms with Crippen molar-refractivity contribution in [3.63, 3.8) is 0 Å². The maximum absolute atomic E-state index is 5.66. The smallest absolute Gasteiger partial charge is 0.105 e. The highest BCUT2D eigenvalue weighted by Gasteiger charge is 2.09. The molecule has 18 heavy (non-hydrogen) atoms. The van der Waals surface area contributed by atoms with E-state index in [1.807, 2.05) is 13.0 Å². The lowest BCUT2D eigenvalue weighted by molar-refractivity contribution is 0.529. The second-order valence-corrected chi connectivity index (χ2v) is 4.53. The first-order valence-electron chi connectivity index (χ1n) is 6.24. The highest BCUT2D eigenvalue weighted by molar-refractivity contribution is 5.53. The Labute approximate surface area is 108 Å². The molecule has 0 bridgehead atoms. The number of hydrogen-bond donors (Lipinski definition) is 1.